The minimum absolute atomic E-state index is 0.133. The molecule has 0 aliphatic heterocycles. The third kappa shape index (κ3) is 4.19. The lowest BCUT2D eigenvalue weighted by Crippen LogP contribution is -2.19. The minimum Gasteiger partial charge on any atom is -0.496 e. The van der Waals surface area contributed by atoms with Gasteiger partial charge in [0.2, 0.25) is 0 Å². The number of allylic oxidation sites excluding steroid dienone is 1. The van der Waals surface area contributed by atoms with Crippen molar-refractivity contribution in [2.75, 3.05) is 12.4 Å². The van der Waals surface area contributed by atoms with Crippen LogP contribution in [0.15, 0.2) is 66.7 Å². The summed E-state index contributed by atoms with van der Waals surface area (Å²) in [7, 11) is 1.23. The highest BCUT2D eigenvalue weighted by Gasteiger charge is 2.37. The number of benzene rings is 3. The fraction of sp³-hybridized carbons (Fsp3) is 0.160. The van der Waals surface area contributed by atoms with Crippen LogP contribution in [0, 0.1) is 0 Å². The van der Waals surface area contributed by atoms with Gasteiger partial charge in [-0.25, -0.2) is 0 Å². The standard InChI is InChI=1S/C25H20F3NO2/c1-31-22-11-5-10-21(25(26,27)28)23(22)24(30)29-18-14-12-17(13-15-18)20-9-4-7-16-6-2-3-8-19(16)20/h3-5,7-15H,2,6H2,1H3,(H,29,30). The maximum atomic E-state index is 13.4. The van der Waals surface area contributed by atoms with Crippen molar-refractivity contribution in [1.82, 2.24) is 0 Å². The summed E-state index contributed by atoms with van der Waals surface area (Å²) in [5.74, 6) is -1.01. The summed E-state index contributed by atoms with van der Waals surface area (Å²) in [6.45, 7) is 0. The van der Waals surface area contributed by atoms with E-state index in [0.717, 1.165) is 30.0 Å². The van der Waals surface area contributed by atoms with Crippen molar-refractivity contribution in [3.8, 4) is 16.9 Å². The molecule has 1 N–H and O–H groups in total. The molecule has 1 aliphatic rings. The Hall–Kier alpha value is -3.54. The molecule has 3 aromatic carbocycles. The molecule has 0 bridgehead atoms. The van der Waals surface area contributed by atoms with Gasteiger partial charge in [0.25, 0.3) is 5.91 Å². The second kappa shape index (κ2) is 8.30. The predicted octanol–water partition coefficient (Wildman–Crippen LogP) is 6.59. The van der Waals surface area contributed by atoms with Crippen LogP contribution < -0.4 is 10.1 Å². The maximum absolute atomic E-state index is 13.4. The quantitative estimate of drug-likeness (QED) is 0.514. The predicted molar refractivity (Wildman–Crippen MR) is 115 cm³/mol. The zero-order valence-corrected chi connectivity index (χ0v) is 16.8. The molecule has 0 radical (unpaired) electrons. The average molecular weight is 423 g/mol. The molecule has 3 aromatic rings. The Morgan fingerprint density at radius 2 is 1.74 bits per heavy atom. The topological polar surface area (TPSA) is 38.3 Å². The van der Waals surface area contributed by atoms with Gasteiger partial charge in [-0.05, 0) is 59.4 Å². The number of amides is 1. The Morgan fingerprint density at radius 1 is 1.00 bits per heavy atom. The van der Waals surface area contributed by atoms with Gasteiger partial charge >= 0.3 is 6.18 Å². The van der Waals surface area contributed by atoms with Crippen LogP contribution in [0.4, 0.5) is 18.9 Å². The van der Waals surface area contributed by atoms with Crippen LogP contribution in [0.3, 0.4) is 0 Å². The minimum atomic E-state index is -4.68. The van der Waals surface area contributed by atoms with Crippen LogP contribution >= 0.6 is 0 Å². The second-order valence-electron chi connectivity index (χ2n) is 7.23. The highest BCUT2D eigenvalue weighted by atomic mass is 19.4. The van der Waals surface area contributed by atoms with Gasteiger partial charge in [-0.1, -0.05) is 48.6 Å². The van der Waals surface area contributed by atoms with E-state index in [1.165, 1.54) is 30.4 Å². The molecule has 0 heterocycles. The summed E-state index contributed by atoms with van der Waals surface area (Å²) >= 11 is 0. The Morgan fingerprint density at radius 3 is 2.45 bits per heavy atom. The smallest absolute Gasteiger partial charge is 0.417 e. The van der Waals surface area contributed by atoms with Crippen molar-refractivity contribution in [3.63, 3.8) is 0 Å². The van der Waals surface area contributed by atoms with E-state index in [2.05, 4.69) is 23.5 Å². The first-order chi connectivity index (χ1) is 14.9. The normalized spacial score (nSPS) is 12.9. The summed E-state index contributed by atoms with van der Waals surface area (Å²) in [4.78, 5) is 12.7. The van der Waals surface area contributed by atoms with E-state index < -0.39 is 23.2 Å². The number of alkyl halides is 3. The number of ether oxygens (including phenoxy) is 1. The highest BCUT2D eigenvalue weighted by molar-refractivity contribution is 6.07. The zero-order chi connectivity index (χ0) is 22.0. The molecule has 0 unspecified atom stereocenters. The van der Waals surface area contributed by atoms with Crippen molar-refractivity contribution < 1.29 is 22.7 Å². The molecular formula is C25H20F3NO2. The summed E-state index contributed by atoms with van der Waals surface area (Å²) in [6.07, 6.45) is 1.60. The third-order valence-electron chi connectivity index (χ3n) is 5.29. The first-order valence-corrected chi connectivity index (χ1v) is 9.83. The van der Waals surface area contributed by atoms with Crippen molar-refractivity contribution in [3.05, 3.63) is 89.0 Å². The lowest BCUT2D eigenvalue weighted by Gasteiger charge is -2.17. The molecule has 0 spiro atoms. The number of anilines is 1. The fourth-order valence-electron chi connectivity index (χ4n) is 3.82. The molecule has 0 saturated heterocycles. The number of carbonyl (C=O) groups excluding carboxylic acids is 1. The van der Waals surface area contributed by atoms with Crippen LogP contribution in [-0.4, -0.2) is 13.0 Å². The molecule has 0 saturated carbocycles. The first-order valence-electron chi connectivity index (χ1n) is 9.83. The van der Waals surface area contributed by atoms with Gasteiger partial charge in [0.05, 0.1) is 18.2 Å². The van der Waals surface area contributed by atoms with E-state index in [-0.39, 0.29) is 5.75 Å². The van der Waals surface area contributed by atoms with Crippen molar-refractivity contribution in [2.24, 2.45) is 0 Å². The number of aryl methyl sites for hydroxylation is 1. The molecule has 0 fully saturated rings. The molecule has 0 aromatic heterocycles. The molecule has 0 atom stereocenters. The van der Waals surface area contributed by atoms with E-state index in [1.807, 2.05) is 24.3 Å². The lowest BCUT2D eigenvalue weighted by atomic mass is 9.90. The zero-order valence-electron chi connectivity index (χ0n) is 16.8. The van der Waals surface area contributed by atoms with Crippen LogP contribution in [0.5, 0.6) is 5.75 Å². The molecule has 1 aliphatic carbocycles. The SMILES string of the molecule is COc1cccc(C(F)(F)F)c1C(=O)Nc1ccc(-c2cccc3c2C=CCC3)cc1. The largest absolute Gasteiger partial charge is 0.496 e. The number of hydrogen-bond acceptors (Lipinski definition) is 2. The lowest BCUT2D eigenvalue weighted by molar-refractivity contribution is -0.138. The second-order valence-corrected chi connectivity index (χ2v) is 7.23. The van der Waals surface area contributed by atoms with Crippen LogP contribution in [0.2, 0.25) is 0 Å². The molecule has 1 amide bonds. The monoisotopic (exact) mass is 423 g/mol. The van der Waals surface area contributed by atoms with Gasteiger partial charge in [-0.15, -0.1) is 0 Å². The molecule has 6 heteroatoms. The van der Waals surface area contributed by atoms with E-state index in [1.54, 1.807) is 12.1 Å². The van der Waals surface area contributed by atoms with Gasteiger partial charge in [0, 0.05) is 5.69 Å². The van der Waals surface area contributed by atoms with Crippen molar-refractivity contribution >= 4 is 17.7 Å². The Labute approximate surface area is 178 Å². The number of fused-ring (bicyclic) bond motifs is 1. The average Bonchev–Trinajstić information content (AvgIpc) is 2.78. The van der Waals surface area contributed by atoms with E-state index in [9.17, 15) is 18.0 Å². The van der Waals surface area contributed by atoms with Gasteiger partial charge in [-0.3, -0.25) is 4.79 Å². The van der Waals surface area contributed by atoms with Gasteiger partial charge < -0.3 is 10.1 Å². The Bertz CT molecular complexity index is 1150. The summed E-state index contributed by atoms with van der Waals surface area (Å²) in [5.41, 5.74) is 3.33. The van der Waals surface area contributed by atoms with Crippen LogP contribution in [0.25, 0.3) is 17.2 Å². The van der Waals surface area contributed by atoms with Gasteiger partial charge in [0.15, 0.2) is 0 Å². The Kier molecular flexibility index (Phi) is 5.55. The van der Waals surface area contributed by atoms with E-state index in [4.69, 9.17) is 4.74 Å². The number of rotatable bonds is 4. The number of halogens is 3. The fourth-order valence-corrected chi connectivity index (χ4v) is 3.82. The van der Waals surface area contributed by atoms with Gasteiger partial charge in [-0.2, -0.15) is 13.2 Å². The van der Waals surface area contributed by atoms with Gasteiger partial charge in [0.1, 0.15) is 5.75 Å². The first kappa shape index (κ1) is 20.7. The van der Waals surface area contributed by atoms with Crippen molar-refractivity contribution in [2.45, 2.75) is 19.0 Å². The summed E-state index contributed by atoms with van der Waals surface area (Å²) in [5, 5.41) is 2.55. The number of methoxy groups -OCH3 is 1. The van der Waals surface area contributed by atoms with Crippen molar-refractivity contribution in [1.29, 1.82) is 0 Å². The molecule has 3 nitrogen and oxygen atoms in total. The number of hydrogen-bond donors (Lipinski definition) is 1. The molecular weight excluding hydrogens is 403 g/mol. The molecule has 158 valence electrons. The third-order valence-corrected chi connectivity index (χ3v) is 5.29. The summed E-state index contributed by atoms with van der Waals surface area (Å²) < 4.78 is 45.2. The Balaban J connectivity index is 1.62. The van der Waals surface area contributed by atoms with E-state index >= 15 is 0 Å². The highest BCUT2D eigenvalue weighted by Crippen LogP contribution is 2.36. The van der Waals surface area contributed by atoms with Crippen LogP contribution in [0.1, 0.15) is 33.5 Å². The van der Waals surface area contributed by atoms with Crippen LogP contribution in [-0.2, 0) is 12.6 Å². The maximum Gasteiger partial charge on any atom is 0.417 e. The molecule has 4 rings (SSSR count). The van der Waals surface area contributed by atoms with E-state index in [0.29, 0.717) is 5.69 Å². The number of nitrogens with one attached hydrogen (secondary N) is 1. The summed E-state index contributed by atoms with van der Waals surface area (Å²) in [6, 6.07) is 16.6. The molecule has 31 heavy (non-hydrogen) atoms. The number of carbonyl (C=O) groups is 1.